The minimum absolute atomic E-state index is 0.0395. The molecule has 0 bridgehead atoms. The van der Waals surface area contributed by atoms with Gasteiger partial charge in [0.15, 0.2) is 6.29 Å². The Hall–Kier alpha value is -2.48. The van der Waals surface area contributed by atoms with E-state index in [1.807, 2.05) is 0 Å². The van der Waals surface area contributed by atoms with Crippen LogP contribution < -0.4 is 15.4 Å². The Morgan fingerprint density at radius 1 is 1.16 bits per heavy atom. The molecule has 8 heteroatoms. The van der Waals surface area contributed by atoms with Crippen molar-refractivity contribution in [1.82, 2.24) is 10.6 Å². The number of ether oxygens (including phenoxy) is 1. The van der Waals surface area contributed by atoms with Crippen LogP contribution in [0.25, 0.3) is 0 Å². The highest BCUT2D eigenvalue weighted by Gasteiger charge is 2.31. The Bertz CT molecular complexity index is 770. The molecule has 1 saturated heterocycles. The summed E-state index contributed by atoms with van der Waals surface area (Å²) >= 11 is 0. The molecule has 3 unspecified atom stereocenters. The molecule has 1 aromatic carbocycles. The van der Waals surface area contributed by atoms with Gasteiger partial charge in [0, 0.05) is 12.5 Å². The number of nitro groups is 1. The molecule has 2 fully saturated rings. The molecular weight excluding hydrogens is 398 g/mol. The van der Waals surface area contributed by atoms with Crippen LogP contribution in [0.3, 0.4) is 0 Å². The molecule has 1 amide bonds. The molecule has 2 aliphatic rings. The van der Waals surface area contributed by atoms with Gasteiger partial charge in [-0.25, -0.2) is 0 Å². The molecule has 8 nitrogen and oxygen atoms in total. The van der Waals surface area contributed by atoms with E-state index in [-0.39, 0.29) is 23.3 Å². The third-order valence-electron chi connectivity index (χ3n) is 6.38. The van der Waals surface area contributed by atoms with Crippen molar-refractivity contribution in [1.29, 1.82) is 0 Å². The van der Waals surface area contributed by atoms with Gasteiger partial charge >= 0.3 is 0 Å². The Kier molecular flexibility index (Phi) is 8.82. The van der Waals surface area contributed by atoms with Crippen LogP contribution >= 0.6 is 0 Å². The number of nitrogens with one attached hydrogen (secondary N) is 2. The summed E-state index contributed by atoms with van der Waals surface area (Å²) in [6.07, 6.45) is 12.0. The smallest absolute Gasteiger partial charge is 0.283 e. The second kappa shape index (κ2) is 11.8. The summed E-state index contributed by atoms with van der Waals surface area (Å²) in [6.45, 7) is 0.443. The molecule has 0 radical (unpaired) electrons. The number of nitrogens with zero attached hydrogens (tertiary/aromatic N) is 1. The molecule has 170 valence electrons. The number of fused-ring (bicyclic) bond motifs is 1. The quantitative estimate of drug-likeness (QED) is 0.236. The Labute approximate surface area is 183 Å². The van der Waals surface area contributed by atoms with Crippen molar-refractivity contribution in [2.75, 3.05) is 6.61 Å². The molecule has 3 atom stereocenters. The lowest BCUT2D eigenvalue weighted by Crippen LogP contribution is -2.56. The molecule has 2 N–H and O–H groups in total. The first-order valence-electron chi connectivity index (χ1n) is 11.5. The highest BCUT2D eigenvalue weighted by Crippen LogP contribution is 2.31. The first-order chi connectivity index (χ1) is 15.1. The van der Waals surface area contributed by atoms with E-state index in [1.54, 1.807) is 6.07 Å². The van der Waals surface area contributed by atoms with Crippen LogP contribution in [0, 0.1) is 16.0 Å². The van der Waals surface area contributed by atoms with Gasteiger partial charge in [0.05, 0.1) is 29.3 Å². The highest BCUT2D eigenvalue weighted by molar-refractivity contribution is 5.81. The van der Waals surface area contributed by atoms with Gasteiger partial charge in [-0.15, -0.1) is 0 Å². The number of unbranched alkanes of at least 4 members (excludes halogenated alkanes) is 3. The van der Waals surface area contributed by atoms with E-state index in [4.69, 9.17) is 4.74 Å². The number of nitro benzene ring substituents is 1. The highest BCUT2D eigenvalue weighted by atomic mass is 16.6. The number of rotatable bonds is 11. The number of hydrogen-bond acceptors (Lipinski definition) is 6. The van der Waals surface area contributed by atoms with Gasteiger partial charge in [-0.3, -0.25) is 25.0 Å². The monoisotopic (exact) mass is 431 g/mol. The van der Waals surface area contributed by atoms with Crippen LogP contribution in [0.4, 0.5) is 5.69 Å². The number of aldehydes is 1. The molecule has 3 rings (SSSR count). The summed E-state index contributed by atoms with van der Waals surface area (Å²) in [4.78, 5) is 33.5. The zero-order valence-electron chi connectivity index (χ0n) is 18.0. The van der Waals surface area contributed by atoms with E-state index >= 15 is 0 Å². The SMILES string of the molecule is O=Cc1ccc(OCCCCCCC(=O)NC2CCC3CCCCC3N2)cc1[N+](=O)[O-]. The Morgan fingerprint density at radius 3 is 2.77 bits per heavy atom. The molecule has 0 aromatic heterocycles. The van der Waals surface area contributed by atoms with Gasteiger partial charge in [0.1, 0.15) is 5.75 Å². The first kappa shape index (κ1) is 23.2. The first-order valence-corrected chi connectivity index (χ1v) is 11.5. The van der Waals surface area contributed by atoms with Crippen molar-refractivity contribution in [2.24, 2.45) is 5.92 Å². The van der Waals surface area contributed by atoms with Crippen molar-refractivity contribution in [2.45, 2.75) is 82.8 Å². The van der Waals surface area contributed by atoms with E-state index in [0.717, 1.165) is 38.0 Å². The zero-order valence-corrected chi connectivity index (χ0v) is 18.0. The zero-order chi connectivity index (χ0) is 22.1. The molecular formula is C23H33N3O5. The summed E-state index contributed by atoms with van der Waals surface area (Å²) in [5, 5.41) is 17.8. The average molecular weight is 432 g/mol. The van der Waals surface area contributed by atoms with Gasteiger partial charge < -0.3 is 10.1 Å². The lowest BCUT2D eigenvalue weighted by Gasteiger charge is -2.40. The predicted molar refractivity (Wildman–Crippen MR) is 117 cm³/mol. The molecule has 1 aliphatic carbocycles. The summed E-state index contributed by atoms with van der Waals surface area (Å²) < 4.78 is 5.56. The van der Waals surface area contributed by atoms with Crippen molar-refractivity contribution in [3.8, 4) is 5.75 Å². The minimum atomic E-state index is -0.585. The van der Waals surface area contributed by atoms with Crippen LogP contribution in [0.2, 0.25) is 0 Å². The number of hydrogen-bond donors (Lipinski definition) is 2. The second-order valence-electron chi connectivity index (χ2n) is 8.62. The summed E-state index contributed by atoms with van der Waals surface area (Å²) in [6, 6.07) is 4.82. The largest absolute Gasteiger partial charge is 0.493 e. The molecule has 1 saturated carbocycles. The lowest BCUT2D eigenvalue weighted by atomic mass is 9.79. The van der Waals surface area contributed by atoms with Crippen LogP contribution in [0.5, 0.6) is 5.75 Å². The minimum Gasteiger partial charge on any atom is -0.493 e. The third-order valence-corrected chi connectivity index (χ3v) is 6.38. The number of carbonyl (C=O) groups is 2. The number of benzene rings is 1. The topological polar surface area (TPSA) is 111 Å². The maximum Gasteiger partial charge on any atom is 0.283 e. The number of piperidine rings is 1. The maximum absolute atomic E-state index is 12.2. The van der Waals surface area contributed by atoms with E-state index in [2.05, 4.69) is 10.6 Å². The van der Waals surface area contributed by atoms with Crippen LogP contribution in [-0.4, -0.2) is 35.9 Å². The number of amides is 1. The van der Waals surface area contributed by atoms with E-state index in [9.17, 15) is 19.7 Å². The van der Waals surface area contributed by atoms with E-state index in [0.29, 0.717) is 31.1 Å². The molecule has 31 heavy (non-hydrogen) atoms. The van der Waals surface area contributed by atoms with E-state index in [1.165, 1.54) is 44.2 Å². The van der Waals surface area contributed by atoms with Gasteiger partial charge in [0.25, 0.3) is 5.69 Å². The fraction of sp³-hybridized carbons (Fsp3) is 0.652. The summed E-state index contributed by atoms with van der Waals surface area (Å²) in [5.74, 6) is 1.29. The molecule has 1 aliphatic heterocycles. The fourth-order valence-electron chi connectivity index (χ4n) is 4.68. The lowest BCUT2D eigenvalue weighted by molar-refractivity contribution is -0.385. The second-order valence-corrected chi connectivity index (χ2v) is 8.62. The average Bonchev–Trinajstić information content (AvgIpc) is 2.78. The van der Waals surface area contributed by atoms with Crippen LogP contribution in [0.15, 0.2) is 18.2 Å². The molecule has 1 aromatic rings. The fourth-order valence-corrected chi connectivity index (χ4v) is 4.68. The van der Waals surface area contributed by atoms with Gasteiger partial charge in [-0.05, 0) is 56.6 Å². The maximum atomic E-state index is 12.2. The Balaban J connectivity index is 1.25. The predicted octanol–water partition coefficient (Wildman–Crippen LogP) is 4.12. The van der Waals surface area contributed by atoms with E-state index < -0.39 is 4.92 Å². The summed E-state index contributed by atoms with van der Waals surface area (Å²) in [5.41, 5.74) is -0.206. The number of carbonyl (C=O) groups excluding carboxylic acids is 2. The van der Waals surface area contributed by atoms with Crippen molar-refractivity contribution in [3.05, 3.63) is 33.9 Å². The van der Waals surface area contributed by atoms with Gasteiger partial charge in [0.2, 0.25) is 5.91 Å². The van der Waals surface area contributed by atoms with Crippen molar-refractivity contribution >= 4 is 17.9 Å². The van der Waals surface area contributed by atoms with Gasteiger partial charge in [-0.1, -0.05) is 25.7 Å². The third kappa shape index (κ3) is 7.02. The van der Waals surface area contributed by atoms with Crippen LogP contribution in [-0.2, 0) is 4.79 Å². The van der Waals surface area contributed by atoms with Crippen molar-refractivity contribution < 1.29 is 19.2 Å². The van der Waals surface area contributed by atoms with Crippen LogP contribution in [0.1, 0.15) is 81.0 Å². The van der Waals surface area contributed by atoms with Gasteiger partial charge in [-0.2, -0.15) is 0 Å². The molecule has 0 spiro atoms. The standard InChI is InChI=1S/C23H33N3O5/c27-16-18-10-12-19(15-21(18)26(29)30)31-14-6-2-1-3-9-23(28)25-22-13-11-17-7-4-5-8-20(17)24-22/h10,12,15-17,20,22,24H,1-9,11,13-14H2,(H,25,28). The Morgan fingerprint density at radius 2 is 1.97 bits per heavy atom. The summed E-state index contributed by atoms with van der Waals surface area (Å²) in [7, 11) is 0. The van der Waals surface area contributed by atoms with Crippen molar-refractivity contribution in [3.63, 3.8) is 0 Å². The normalized spacial score (nSPS) is 22.9. The molecule has 1 heterocycles.